The maximum Gasteiger partial charge on any atom is 0.241 e. The zero-order valence-corrected chi connectivity index (χ0v) is 16.6. The molecule has 1 aliphatic rings. The molecule has 0 spiro atoms. The minimum atomic E-state index is -0.451. The lowest BCUT2D eigenvalue weighted by molar-refractivity contribution is -0.120. The van der Waals surface area contributed by atoms with Gasteiger partial charge in [-0.05, 0) is 23.8 Å². The molecule has 1 saturated heterocycles. The van der Waals surface area contributed by atoms with Crippen LogP contribution in [0.3, 0.4) is 0 Å². The number of hydrogen-bond acceptors (Lipinski definition) is 6. The van der Waals surface area contributed by atoms with Crippen LogP contribution in [0.25, 0.3) is 0 Å². The SMILES string of the molecule is COc1ccccc1N(CCC(N)=O)C(=O)CN1CCNCC1c1cccnc1. The van der Waals surface area contributed by atoms with E-state index in [9.17, 15) is 9.59 Å². The van der Waals surface area contributed by atoms with Crippen molar-refractivity contribution in [1.29, 1.82) is 0 Å². The zero-order chi connectivity index (χ0) is 20.6. The average molecular weight is 397 g/mol. The number of benzene rings is 1. The minimum absolute atomic E-state index is 0.0528. The van der Waals surface area contributed by atoms with Crippen LogP contribution in [0.2, 0.25) is 0 Å². The normalized spacial score (nSPS) is 16.9. The molecule has 0 aliphatic carbocycles. The van der Waals surface area contributed by atoms with E-state index in [2.05, 4.69) is 15.2 Å². The lowest BCUT2D eigenvalue weighted by atomic mass is 10.1. The summed E-state index contributed by atoms with van der Waals surface area (Å²) in [6.07, 6.45) is 3.65. The van der Waals surface area contributed by atoms with E-state index in [0.29, 0.717) is 11.4 Å². The van der Waals surface area contributed by atoms with E-state index in [-0.39, 0.29) is 31.5 Å². The van der Waals surface area contributed by atoms with E-state index in [0.717, 1.165) is 25.2 Å². The first-order valence-corrected chi connectivity index (χ1v) is 9.66. The molecule has 1 aromatic carbocycles. The van der Waals surface area contributed by atoms with Gasteiger partial charge in [0, 0.05) is 51.0 Å². The molecular formula is C21H27N5O3. The van der Waals surface area contributed by atoms with E-state index in [4.69, 9.17) is 10.5 Å². The summed E-state index contributed by atoms with van der Waals surface area (Å²) < 4.78 is 5.42. The van der Waals surface area contributed by atoms with Crippen molar-refractivity contribution in [1.82, 2.24) is 15.2 Å². The standard InChI is InChI=1S/C21H27N5O3/c1-29-19-7-3-2-6-17(19)26(11-8-20(22)27)21(28)15-25-12-10-24-14-18(25)16-5-4-9-23-13-16/h2-7,9,13,18,24H,8,10-12,14-15H2,1H3,(H2,22,27). The molecule has 2 heterocycles. The molecule has 29 heavy (non-hydrogen) atoms. The quantitative estimate of drug-likeness (QED) is 0.688. The Morgan fingerprint density at radius 1 is 1.31 bits per heavy atom. The van der Waals surface area contributed by atoms with Gasteiger partial charge in [-0.1, -0.05) is 18.2 Å². The number of carbonyl (C=O) groups is 2. The maximum atomic E-state index is 13.3. The molecular weight excluding hydrogens is 370 g/mol. The van der Waals surface area contributed by atoms with Crippen molar-refractivity contribution in [2.24, 2.45) is 5.73 Å². The number of pyridine rings is 1. The highest BCUT2D eigenvalue weighted by Crippen LogP contribution is 2.29. The maximum absolute atomic E-state index is 13.3. The number of para-hydroxylation sites is 2. The number of nitrogens with two attached hydrogens (primary N) is 1. The van der Waals surface area contributed by atoms with Crippen LogP contribution < -0.4 is 20.7 Å². The molecule has 0 saturated carbocycles. The van der Waals surface area contributed by atoms with Gasteiger partial charge in [0.15, 0.2) is 0 Å². The number of anilines is 1. The van der Waals surface area contributed by atoms with Crippen molar-refractivity contribution in [3.8, 4) is 5.75 Å². The topological polar surface area (TPSA) is 101 Å². The Balaban J connectivity index is 1.82. The second-order valence-electron chi connectivity index (χ2n) is 6.91. The third kappa shape index (κ3) is 5.30. The number of methoxy groups -OCH3 is 1. The monoisotopic (exact) mass is 397 g/mol. The molecule has 0 bridgehead atoms. The van der Waals surface area contributed by atoms with Crippen LogP contribution in [0.4, 0.5) is 5.69 Å². The average Bonchev–Trinajstić information content (AvgIpc) is 2.75. The van der Waals surface area contributed by atoms with E-state index in [1.54, 1.807) is 24.3 Å². The van der Waals surface area contributed by atoms with Gasteiger partial charge in [0.1, 0.15) is 5.75 Å². The number of amides is 2. The number of piperazine rings is 1. The van der Waals surface area contributed by atoms with Crippen molar-refractivity contribution in [2.75, 3.05) is 44.7 Å². The lowest BCUT2D eigenvalue weighted by Gasteiger charge is -2.37. The van der Waals surface area contributed by atoms with E-state index in [1.165, 1.54) is 0 Å². The van der Waals surface area contributed by atoms with Crippen LogP contribution in [-0.2, 0) is 9.59 Å². The van der Waals surface area contributed by atoms with Gasteiger partial charge in [0.2, 0.25) is 11.8 Å². The number of rotatable bonds is 8. The fraction of sp³-hybridized carbons (Fsp3) is 0.381. The fourth-order valence-electron chi connectivity index (χ4n) is 3.55. The molecule has 3 rings (SSSR count). The highest BCUT2D eigenvalue weighted by molar-refractivity contribution is 5.96. The van der Waals surface area contributed by atoms with E-state index >= 15 is 0 Å². The molecule has 1 atom stereocenters. The van der Waals surface area contributed by atoms with Crippen molar-refractivity contribution in [3.63, 3.8) is 0 Å². The number of hydrogen-bond donors (Lipinski definition) is 2. The molecule has 154 valence electrons. The summed E-state index contributed by atoms with van der Waals surface area (Å²) in [6.45, 7) is 2.71. The number of nitrogens with zero attached hydrogens (tertiary/aromatic N) is 3. The molecule has 1 fully saturated rings. The fourth-order valence-corrected chi connectivity index (χ4v) is 3.55. The Labute approximate surface area is 170 Å². The van der Waals surface area contributed by atoms with Crippen LogP contribution in [0.15, 0.2) is 48.8 Å². The predicted molar refractivity (Wildman–Crippen MR) is 111 cm³/mol. The Bertz CT molecular complexity index is 830. The molecule has 1 unspecified atom stereocenters. The van der Waals surface area contributed by atoms with E-state index < -0.39 is 5.91 Å². The van der Waals surface area contributed by atoms with Crippen molar-refractivity contribution in [2.45, 2.75) is 12.5 Å². The second kappa shape index (κ2) is 9.99. The molecule has 1 aromatic heterocycles. The number of nitrogens with one attached hydrogen (secondary N) is 1. The minimum Gasteiger partial charge on any atom is -0.495 e. The van der Waals surface area contributed by atoms with Gasteiger partial charge in [-0.2, -0.15) is 0 Å². The first-order chi connectivity index (χ1) is 14.1. The van der Waals surface area contributed by atoms with Gasteiger partial charge >= 0.3 is 0 Å². The van der Waals surface area contributed by atoms with Crippen LogP contribution >= 0.6 is 0 Å². The summed E-state index contributed by atoms with van der Waals surface area (Å²) >= 11 is 0. The lowest BCUT2D eigenvalue weighted by Crippen LogP contribution is -2.50. The summed E-state index contributed by atoms with van der Waals surface area (Å²) in [6, 6.07) is 11.3. The van der Waals surface area contributed by atoms with Crippen LogP contribution in [-0.4, -0.2) is 61.5 Å². The van der Waals surface area contributed by atoms with Crippen molar-refractivity contribution >= 4 is 17.5 Å². The second-order valence-corrected chi connectivity index (χ2v) is 6.91. The van der Waals surface area contributed by atoms with Crippen LogP contribution in [0.5, 0.6) is 5.75 Å². The largest absolute Gasteiger partial charge is 0.495 e. The molecule has 1 aliphatic heterocycles. The number of aromatic nitrogens is 1. The Morgan fingerprint density at radius 3 is 2.86 bits per heavy atom. The molecule has 3 N–H and O–H groups in total. The smallest absolute Gasteiger partial charge is 0.241 e. The van der Waals surface area contributed by atoms with E-state index in [1.807, 2.05) is 36.5 Å². The molecule has 0 radical (unpaired) electrons. The summed E-state index contributed by atoms with van der Waals surface area (Å²) in [4.78, 5) is 32.6. The summed E-state index contributed by atoms with van der Waals surface area (Å²) in [5.74, 6) is 0.0223. The number of ether oxygens (including phenoxy) is 1. The van der Waals surface area contributed by atoms with Crippen molar-refractivity contribution in [3.05, 3.63) is 54.4 Å². The predicted octanol–water partition coefficient (Wildman–Crippen LogP) is 0.945. The molecule has 2 aromatic rings. The van der Waals surface area contributed by atoms with Crippen LogP contribution in [0.1, 0.15) is 18.0 Å². The van der Waals surface area contributed by atoms with Crippen molar-refractivity contribution < 1.29 is 14.3 Å². The van der Waals surface area contributed by atoms with Gasteiger partial charge in [0.05, 0.1) is 19.3 Å². The Kier molecular flexibility index (Phi) is 7.15. The van der Waals surface area contributed by atoms with Gasteiger partial charge in [-0.3, -0.25) is 19.5 Å². The van der Waals surface area contributed by atoms with Gasteiger partial charge in [0.25, 0.3) is 0 Å². The Morgan fingerprint density at radius 2 is 2.14 bits per heavy atom. The number of carbonyl (C=O) groups excluding carboxylic acids is 2. The highest BCUT2D eigenvalue weighted by Gasteiger charge is 2.28. The molecule has 8 nitrogen and oxygen atoms in total. The third-order valence-corrected chi connectivity index (χ3v) is 5.02. The summed E-state index contributed by atoms with van der Waals surface area (Å²) in [5, 5.41) is 3.38. The highest BCUT2D eigenvalue weighted by atomic mass is 16.5. The van der Waals surface area contributed by atoms with Gasteiger partial charge in [-0.25, -0.2) is 0 Å². The Hall–Kier alpha value is -2.97. The van der Waals surface area contributed by atoms with Gasteiger partial charge in [-0.15, -0.1) is 0 Å². The first-order valence-electron chi connectivity index (χ1n) is 9.66. The van der Waals surface area contributed by atoms with Crippen LogP contribution in [0, 0.1) is 0 Å². The first kappa shape index (κ1) is 20.8. The third-order valence-electron chi connectivity index (χ3n) is 5.02. The molecule has 8 heteroatoms. The molecule has 2 amide bonds. The zero-order valence-electron chi connectivity index (χ0n) is 16.6. The summed E-state index contributed by atoms with van der Waals surface area (Å²) in [5.41, 5.74) is 7.04. The van der Waals surface area contributed by atoms with Gasteiger partial charge < -0.3 is 20.7 Å². The number of primary amides is 1. The summed E-state index contributed by atoms with van der Waals surface area (Å²) in [7, 11) is 1.56.